The van der Waals surface area contributed by atoms with Gasteiger partial charge in [0.1, 0.15) is 17.8 Å². The molecule has 3 rings (SSSR count). The Labute approximate surface area is 109 Å². The van der Waals surface area contributed by atoms with Crippen molar-refractivity contribution in [3.8, 4) is 22.4 Å². The van der Waals surface area contributed by atoms with E-state index in [1.165, 1.54) is 12.1 Å². The molecule has 0 saturated heterocycles. The maximum Gasteiger partial charge on any atom is 0.153 e. The Morgan fingerprint density at radius 3 is 2.58 bits per heavy atom. The Kier molecular flexibility index (Phi) is 2.59. The van der Waals surface area contributed by atoms with E-state index < -0.39 is 0 Å². The molecule has 0 fully saturated rings. The third-order valence-corrected chi connectivity index (χ3v) is 2.95. The average Bonchev–Trinajstić information content (AvgIpc) is 2.97. The predicted molar refractivity (Wildman–Crippen MR) is 70.8 cm³/mol. The fraction of sp³-hybridized carbons (Fsp3) is 0.0714. The van der Waals surface area contributed by atoms with Crippen LogP contribution in [-0.4, -0.2) is 10.2 Å². The molecule has 96 valence electrons. The topological polar surface area (TPSA) is 67.8 Å². The molecule has 19 heavy (non-hydrogen) atoms. The minimum absolute atomic E-state index is 0.286. The standard InChI is InChI=1S/C14H12FN3O/c1-8-6-10(7-19-8)13-12(14(16)18-17-13)9-2-4-11(15)5-3-9/h2-7H,1H3,(H3,16,17,18). The Morgan fingerprint density at radius 2 is 1.95 bits per heavy atom. The van der Waals surface area contributed by atoms with Crippen LogP contribution in [0.3, 0.4) is 0 Å². The smallest absolute Gasteiger partial charge is 0.153 e. The van der Waals surface area contributed by atoms with Crippen molar-refractivity contribution in [2.45, 2.75) is 6.92 Å². The van der Waals surface area contributed by atoms with Crippen molar-refractivity contribution in [2.24, 2.45) is 0 Å². The third-order valence-electron chi connectivity index (χ3n) is 2.95. The number of rotatable bonds is 2. The predicted octanol–water partition coefficient (Wildman–Crippen LogP) is 3.37. The Hall–Kier alpha value is -2.56. The highest BCUT2D eigenvalue weighted by atomic mass is 19.1. The van der Waals surface area contributed by atoms with Gasteiger partial charge in [0, 0.05) is 5.56 Å². The summed E-state index contributed by atoms with van der Waals surface area (Å²) in [6.07, 6.45) is 1.63. The monoisotopic (exact) mass is 257 g/mol. The van der Waals surface area contributed by atoms with Crippen molar-refractivity contribution in [3.05, 3.63) is 48.2 Å². The highest BCUT2D eigenvalue weighted by molar-refractivity contribution is 5.87. The molecule has 3 N–H and O–H groups in total. The van der Waals surface area contributed by atoms with Crippen LogP contribution >= 0.6 is 0 Å². The zero-order chi connectivity index (χ0) is 13.4. The Morgan fingerprint density at radius 1 is 1.21 bits per heavy atom. The number of nitrogens with zero attached hydrogens (tertiary/aromatic N) is 1. The van der Waals surface area contributed by atoms with Gasteiger partial charge in [-0.3, -0.25) is 5.10 Å². The molecule has 0 aliphatic carbocycles. The molecule has 0 amide bonds. The number of nitrogens with one attached hydrogen (secondary N) is 1. The molecule has 0 saturated carbocycles. The second-order valence-electron chi connectivity index (χ2n) is 4.31. The van der Waals surface area contributed by atoms with Crippen LogP contribution < -0.4 is 5.73 Å². The molecule has 1 aromatic carbocycles. The quantitative estimate of drug-likeness (QED) is 0.739. The van der Waals surface area contributed by atoms with E-state index in [1.54, 1.807) is 18.4 Å². The van der Waals surface area contributed by atoms with Gasteiger partial charge in [0.25, 0.3) is 0 Å². The summed E-state index contributed by atoms with van der Waals surface area (Å²) in [5.74, 6) is 0.889. The Bertz CT molecular complexity index is 713. The number of nitrogens with two attached hydrogens (primary N) is 1. The molecule has 0 bridgehead atoms. The molecular weight excluding hydrogens is 245 g/mol. The summed E-state index contributed by atoms with van der Waals surface area (Å²) >= 11 is 0. The number of hydrogen-bond acceptors (Lipinski definition) is 3. The van der Waals surface area contributed by atoms with Gasteiger partial charge in [-0.15, -0.1) is 0 Å². The first-order valence-electron chi connectivity index (χ1n) is 5.80. The summed E-state index contributed by atoms with van der Waals surface area (Å²) in [5, 5.41) is 6.91. The minimum atomic E-state index is -0.286. The van der Waals surface area contributed by atoms with Crippen LogP contribution in [0.15, 0.2) is 41.0 Å². The van der Waals surface area contributed by atoms with E-state index in [-0.39, 0.29) is 5.82 Å². The number of furan rings is 1. The molecule has 3 aromatic rings. The molecule has 0 spiro atoms. The zero-order valence-electron chi connectivity index (χ0n) is 10.3. The number of nitrogen functional groups attached to an aromatic ring is 1. The summed E-state index contributed by atoms with van der Waals surface area (Å²) in [5.41, 5.74) is 9.07. The first-order chi connectivity index (χ1) is 9.15. The molecule has 0 radical (unpaired) electrons. The van der Waals surface area contributed by atoms with Crippen molar-refractivity contribution < 1.29 is 8.81 Å². The number of halogens is 1. The molecular formula is C14H12FN3O. The van der Waals surface area contributed by atoms with Gasteiger partial charge in [0.2, 0.25) is 0 Å². The average molecular weight is 257 g/mol. The maximum absolute atomic E-state index is 13.0. The van der Waals surface area contributed by atoms with Crippen LogP contribution in [0.2, 0.25) is 0 Å². The number of aromatic nitrogens is 2. The van der Waals surface area contributed by atoms with Gasteiger partial charge in [-0.25, -0.2) is 4.39 Å². The van der Waals surface area contributed by atoms with Gasteiger partial charge < -0.3 is 10.2 Å². The van der Waals surface area contributed by atoms with E-state index in [4.69, 9.17) is 10.2 Å². The second-order valence-corrected chi connectivity index (χ2v) is 4.31. The molecule has 5 heteroatoms. The molecule has 0 atom stereocenters. The van der Waals surface area contributed by atoms with Gasteiger partial charge in [-0.05, 0) is 30.7 Å². The number of anilines is 1. The van der Waals surface area contributed by atoms with Gasteiger partial charge in [-0.2, -0.15) is 5.10 Å². The van der Waals surface area contributed by atoms with E-state index in [0.29, 0.717) is 5.82 Å². The first-order valence-corrected chi connectivity index (χ1v) is 5.80. The normalized spacial score (nSPS) is 10.8. The van der Waals surface area contributed by atoms with E-state index in [0.717, 1.165) is 28.1 Å². The van der Waals surface area contributed by atoms with Crippen LogP contribution in [-0.2, 0) is 0 Å². The van der Waals surface area contributed by atoms with E-state index >= 15 is 0 Å². The number of benzene rings is 1. The van der Waals surface area contributed by atoms with Crippen LogP contribution in [0.5, 0.6) is 0 Å². The fourth-order valence-corrected chi connectivity index (χ4v) is 2.05. The van der Waals surface area contributed by atoms with Crippen molar-refractivity contribution in [2.75, 3.05) is 5.73 Å². The largest absolute Gasteiger partial charge is 0.469 e. The van der Waals surface area contributed by atoms with Crippen molar-refractivity contribution in [1.29, 1.82) is 0 Å². The molecule has 0 aliphatic heterocycles. The lowest BCUT2D eigenvalue weighted by molar-refractivity contribution is 0.535. The van der Waals surface area contributed by atoms with Crippen LogP contribution in [0.25, 0.3) is 22.4 Å². The molecule has 0 aliphatic rings. The van der Waals surface area contributed by atoms with Crippen LogP contribution in [0.1, 0.15) is 5.76 Å². The van der Waals surface area contributed by atoms with Crippen molar-refractivity contribution >= 4 is 5.82 Å². The fourth-order valence-electron chi connectivity index (χ4n) is 2.05. The van der Waals surface area contributed by atoms with E-state index in [9.17, 15) is 4.39 Å². The highest BCUT2D eigenvalue weighted by Crippen LogP contribution is 2.35. The summed E-state index contributed by atoms with van der Waals surface area (Å²) in [7, 11) is 0. The lowest BCUT2D eigenvalue weighted by Gasteiger charge is -2.02. The molecule has 4 nitrogen and oxygen atoms in total. The van der Waals surface area contributed by atoms with Crippen molar-refractivity contribution in [3.63, 3.8) is 0 Å². The van der Waals surface area contributed by atoms with Crippen LogP contribution in [0, 0.1) is 12.7 Å². The first kappa shape index (κ1) is 11.5. The number of aromatic amines is 1. The second kappa shape index (κ2) is 4.28. The summed E-state index contributed by atoms with van der Waals surface area (Å²) in [6.45, 7) is 1.86. The third kappa shape index (κ3) is 1.99. The SMILES string of the molecule is Cc1cc(-c2[nH]nc(N)c2-c2ccc(F)cc2)co1. The zero-order valence-corrected chi connectivity index (χ0v) is 10.3. The minimum Gasteiger partial charge on any atom is -0.469 e. The summed E-state index contributed by atoms with van der Waals surface area (Å²) < 4.78 is 18.3. The van der Waals surface area contributed by atoms with Gasteiger partial charge in [0.05, 0.1) is 11.3 Å². The van der Waals surface area contributed by atoms with Crippen molar-refractivity contribution in [1.82, 2.24) is 10.2 Å². The molecule has 2 heterocycles. The van der Waals surface area contributed by atoms with Crippen LogP contribution in [0.4, 0.5) is 10.2 Å². The summed E-state index contributed by atoms with van der Waals surface area (Å²) in [4.78, 5) is 0. The molecule has 0 unspecified atom stereocenters. The van der Waals surface area contributed by atoms with Gasteiger partial charge >= 0.3 is 0 Å². The van der Waals surface area contributed by atoms with E-state index in [1.807, 2.05) is 13.0 Å². The molecule has 2 aromatic heterocycles. The highest BCUT2D eigenvalue weighted by Gasteiger charge is 2.16. The lowest BCUT2D eigenvalue weighted by atomic mass is 10.0. The number of hydrogen-bond donors (Lipinski definition) is 2. The Balaban J connectivity index is 2.16. The number of aryl methyl sites for hydroxylation is 1. The summed E-state index contributed by atoms with van der Waals surface area (Å²) in [6, 6.07) is 8.03. The van der Waals surface area contributed by atoms with Gasteiger partial charge in [-0.1, -0.05) is 12.1 Å². The van der Waals surface area contributed by atoms with Gasteiger partial charge in [0.15, 0.2) is 5.82 Å². The maximum atomic E-state index is 13.0. The van der Waals surface area contributed by atoms with E-state index in [2.05, 4.69) is 10.2 Å². The number of H-pyrrole nitrogens is 1. The lowest BCUT2D eigenvalue weighted by Crippen LogP contribution is -1.88.